The number of aromatic nitrogens is 5. The van der Waals surface area contributed by atoms with Crippen molar-refractivity contribution < 1.29 is 0 Å². The van der Waals surface area contributed by atoms with Crippen LogP contribution in [0.2, 0.25) is 5.02 Å². The molecule has 0 saturated carbocycles. The van der Waals surface area contributed by atoms with Gasteiger partial charge in [-0.3, -0.25) is 9.88 Å². The number of benzene rings is 1. The number of nitrogens with zero attached hydrogens (tertiary/aromatic N) is 7. The second kappa shape index (κ2) is 7.16. The molecule has 0 amide bonds. The summed E-state index contributed by atoms with van der Waals surface area (Å²) in [4.78, 5) is 17.6. The summed E-state index contributed by atoms with van der Waals surface area (Å²) < 4.78 is 1.62. The van der Waals surface area contributed by atoms with Crippen molar-refractivity contribution in [2.24, 2.45) is 0 Å². The van der Waals surface area contributed by atoms with Gasteiger partial charge in [0.25, 0.3) is 0 Å². The fourth-order valence-electron chi connectivity index (χ4n) is 2.92. The van der Waals surface area contributed by atoms with Gasteiger partial charge in [0.05, 0.1) is 12.4 Å². The topological polar surface area (TPSA) is 63.0 Å². The summed E-state index contributed by atoms with van der Waals surface area (Å²) in [5.41, 5.74) is 1.28. The highest BCUT2D eigenvalue weighted by Crippen LogP contribution is 2.16. The standard InChI is InChI=1S/C17H18ClN7/c18-15-3-1-14(2-4-15)11-23-5-7-24(8-6-23)16-9-19-10-17(22-16)25-13-20-12-21-25/h1-4,9-10,12-13H,5-8,11H2. The average Bonchev–Trinajstić information content (AvgIpc) is 3.19. The highest BCUT2D eigenvalue weighted by atomic mass is 35.5. The second-order valence-electron chi connectivity index (χ2n) is 5.97. The Balaban J connectivity index is 1.38. The largest absolute Gasteiger partial charge is 0.353 e. The van der Waals surface area contributed by atoms with Gasteiger partial charge in [0.2, 0.25) is 0 Å². The van der Waals surface area contributed by atoms with Gasteiger partial charge in [-0.2, -0.15) is 5.10 Å². The van der Waals surface area contributed by atoms with Crippen molar-refractivity contribution in [3.8, 4) is 5.82 Å². The molecule has 4 rings (SSSR count). The first-order chi connectivity index (χ1) is 12.3. The molecular weight excluding hydrogens is 338 g/mol. The Labute approximate surface area is 150 Å². The molecule has 8 heteroatoms. The van der Waals surface area contributed by atoms with E-state index in [-0.39, 0.29) is 0 Å². The van der Waals surface area contributed by atoms with Crippen molar-refractivity contribution in [3.63, 3.8) is 0 Å². The maximum absolute atomic E-state index is 5.95. The number of anilines is 1. The fraction of sp³-hybridized carbons (Fsp3) is 0.294. The molecule has 7 nitrogen and oxygen atoms in total. The van der Waals surface area contributed by atoms with Gasteiger partial charge in [0.1, 0.15) is 18.5 Å². The van der Waals surface area contributed by atoms with Gasteiger partial charge in [-0.15, -0.1) is 0 Å². The minimum Gasteiger partial charge on any atom is -0.353 e. The van der Waals surface area contributed by atoms with Gasteiger partial charge in [0, 0.05) is 37.7 Å². The molecule has 1 aromatic carbocycles. The number of halogens is 1. The van der Waals surface area contributed by atoms with E-state index in [0.717, 1.165) is 43.6 Å². The van der Waals surface area contributed by atoms with E-state index in [1.165, 1.54) is 11.9 Å². The summed E-state index contributed by atoms with van der Waals surface area (Å²) in [6.07, 6.45) is 6.60. The van der Waals surface area contributed by atoms with Crippen LogP contribution in [0, 0.1) is 0 Å². The third-order valence-corrected chi connectivity index (χ3v) is 4.53. The van der Waals surface area contributed by atoms with Crippen molar-refractivity contribution in [2.75, 3.05) is 31.1 Å². The summed E-state index contributed by atoms with van der Waals surface area (Å²) in [6.45, 7) is 4.75. The Morgan fingerprint density at radius 3 is 2.40 bits per heavy atom. The molecule has 3 heterocycles. The number of hydrogen-bond acceptors (Lipinski definition) is 6. The Bertz CT molecular complexity index is 811. The molecular formula is C17H18ClN7. The van der Waals surface area contributed by atoms with E-state index in [2.05, 4.69) is 42.0 Å². The summed E-state index contributed by atoms with van der Waals surface area (Å²) in [6, 6.07) is 8.06. The maximum atomic E-state index is 5.95. The minimum absolute atomic E-state index is 0.679. The molecule has 0 unspecified atom stereocenters. The van der Waals surface area contributed by atoms with Crippen LogP contribution >= 0.6 is 11.6 Å². The lowest BCUT2D eigenvalue weighted by Crippen LogP contribution is -2.46. The van der Waals surface area contributed by atoms with Crippen LogP contribution in [0.25, 0.3) is 5.82 Å². The average molecular weight is 356 g/mol. The minimum atomic E-state index is 0.679. The quantitative estimate of drug-likeness (QED) is 0.713. The van der Waals surface area contributed by atoms with Crippen LogP contribution in [-0.4, -0.2) is 55.8 Å². The van der Waals surface area contributed by atoms with E-state index in [1.807, 2.05) is 12.1 Å². The lowest BCUT2D eigenvalue weighted by Gasteiger charge is -2.35. The molecule has 1 aliphatic heterocycles. The highest BCUT2D eigenvalue weighted by molar-refractivity contribution is 6.30. The zero-order valence-electron chi connectivity index (χ0n) is 13.7. The van der Waals surface area contributed by atoms with E-state index >= 15 is 0 Å². The van der Waals surface area contributed by atoms with Crippen molar-refractivity contribution >= 4 is 17.4 Å². The van der Waals surface area contributed by atoms with Gasteiger partial charge < -0.3 is 4.90 Å². The van der Waals surface area contributed by atoms with Crippen LogP contribution in [0.15, 0.2) is 49.3 Å². The molecule has 0 radical (unpaired) electrons. The van der Waals surface area contributed by atoms with Crippen LogP contribution < -0.4 is 4.90 Å². The SMILES string of the molecule is Clc1ccc(CN2CCN(c3cncc(-n4cncn4)n3)CC2)cc1. The molecule has 0 N–H and O–H groups in total. The van der Waals surface area contributed by atoms with Crippen LogP contribution in [0.4, 0.5) is 5.82 Å². The first-order valence-electron chi connectivity index (χ1n) is 8.17. The summed E-state index contributed by atoms with van der Waals surface area (Å²) in [7, 11) is 0. The van der Waals surface area contributed by atoms with E-state index < -0.39 is 0 Å². The van der Waals surface area contributed by atoms with Gasteiger partial charge >= 0.3 is 0 Å². The van der Waals surface area contributed by atoms with E-state index in [4.69, 9.17) is 11.6 Å². The zero-order valence-corrected chi connectivity index (χ0v) is 14.4. The Hall–Kier alpha value is -2.51. The van der Waals surface area contributed by atoms with Gasteiger partial charge in [-0.05, 0) is 17.7 Å². The molecule has 0 bridgehead atoms. The fourth-order valence-corrected chi connectivity index (χ4v) is 3.04. The zero-order chi connectivity index (χ0) is 17.1. The lowest BCUT2D eigenvalue weighted by atomic mass is 10.2. The van der Waals surface area contributed by atoms with E-state index in [1.54, 1.807) is 23.4 Å². The van der Waals surface area contributed by atoms with Gasteiger partial charge in [0.15, 0.2) is 5.82 Å². The highest BCUT2D eigenvalue weighted by Gasteiger charge is 2.19. The van der Waals surface area contributed by atoms with Gasteiger partial charge in [-0.1, -0.05) is 23.7 Å². The number of hydrogen-bond donors (Lipinski definition) is 0. The predicted molar refractivity (Wildman–Crippen MR) is 95.9 cm³/mol. The molecule has 2 aromatic heterocycles. The molecule has 0 aliphatic carbocycles. The Kier molecular flexibility index (Phi) is 4.58. The van der Waals surface area contributed by atoms with E-state index in [9.17, 15) is 0 Å². The van der Waals surface area contributed by atoms with Crippen molar-refractivity contribution in [1.29, 1.82) is 0 Å². The first-order valence-corrected chi connectivity index (χ1v) is 8.54. The lowest BCUT2D eigenvalue weighted by molar-refractivity contribution is 0.249. The van der Waals surface area contributed by atoms with Gasteiger partial charge in [-0.25, -0.2) is 14.6 Å². The summed E-state index contributed by atoms with van der Waals surface area (Å²) in [5, 5.41) is 4.88. The van der Waals surface area contributed by atoms with Crippen LogP contribution in [0.5, 0.6) is 0 Å². The number of rotatable bonds is 4. The smallest absolute Gasteiger partial charge is 0.175 e. The third kappa shape index (κ3) is 3.78. The number of piperazine rings is 1. The monoisotopic (exact) mass is 355 g/mol. The Morgan fingerprint density at radius 2 is 1.68 bits per heavy atom. The maximum Gasteiger partial charge on any atom is 0.175 e. The molecule has 3 aromatic rings. The molecule has 0 atom stereocenters. The van der Waals surface area contributed by atoms with Crippen molar-refractivity contribution in [2.45, 2.75) is 6.54 Å². The normalized spacial score (nSPS) is 15.5. The molecule has 1 aliphatic rings. The first kappa shape index (κ1) is 16.0. The second-order valence-corrected chi connectivity index (χ2v) is 6.40. The van der Waals surface area contributed by atoms with Crippen molar-refractivity contribution in [1.82, 2.24) is 29.6 Å². The molecule has 1 fully saturated rings. The van der Waals surface area contributed by atoms with E-state index in [0.29, 0.717) is 5.82 Å². The summed E-state index contributed by atoms with van der Waals surface area (Å²) in [5.74, 6) is 1.55. The molecule has 1 saturated heterocycles. The summed E-state index contributed by atoms with van der Waals surface area (Å²) >= 11 is 5.95. The molecule has 0 spiro atoms. The van der Waals surface area contributed by atoms with Crippen LogP contribution in [0.3, 0.4) is 0 Å². The molecule has 128 valence electrons. The third-order valence-electron chi connectivity index (χ3n) is 4.28. The van der Waals surface area contributed by atoms with Crippen molar-refractivity contribution in [3.05, 3.63) is 59.9 Å². The van der Waals surface area contributed by atoms with Crippen LogP contribution in [-0.2, 0) is 6.54 Å². The Morgan fingerprint density at radius 1 is 0.920 bits per heavy atom. The predicted octanol–water partition coefficient (Wildman–Crippen LogP) is 2.03. The molecule has 25 heavy (non-hydrogen) atoms. The van der Waals surface area contributed by atoms with Crippen LogP contribution in [0.1, 0.15) is 5.56 Å².